The smallest absolute Gasteiger partial charge is 0.255 e. The van der Waals surface area contributed by atoms with E-state index >= 15 is 0 Å². The number of unbranched alkanes of at least 4 members (excludes halogenated alkanes) is 5. The van der Waals surface area contributed by atoms with Gasteiger partial charge in [0.15, 0.2) is 17.3 Å². The van der Waals surface area contributed by atoms with Gasteiger partial charge in [-0.25, -0.2) is 0 Å². The first-order valence-electron chi connectivity index (χ1n) is 18.8. The fourth-order valence-corrected chi connectivity index (χ4v) is 6.77. The fourth-order valence-electron chi connectivity index (χ4n) is 6.77. The fraction of sp³-hybridized carbons (Fsp3) is 0.349. The minimum absolute atomic E-state index is 0.182. The molecule has 13 heteroatoms. The van der Waals surface area contributed by atoms with Gasteiger partial charge in [0, 0.05) is 28.4 Å². The highest BCUT2D eigenvalue weighted by Crippen LogP contribution is 2.36. The van der Waals surface area contributed by atoms with Crippen LogP contribution in [0.5, 0.6) is 23.0 Å². The van der Waals surface area contributed by atoms with Crippen molar-refractivity contribution in [1.29, 1.82) is 0 Å². The first kappa shape index (κ1) is 40.1. The first-order valence-corrected chi connectivity index (χ1v) is 18.8. The van der Waals surface area contributed by atoms with Crippen LogP contribution in [0, 0.1) is 0 Å². The van der Waals surface area contributed by atoms with Gasteiger partial charge in [0.25, 0.3) is 5.91 Å². The van der Waals surface area contributed by atoms with Gasteiger partial charge in [-0.2, -0.15) is 0 Å². The van der Waals surface area contributed by atoms with Crippen LogP contribution in [0.3, 0.4) is 0 Å². The molecule has 2 heterocycles. The van der Waals surface area contributed by atoms with E-state index in [1.165, 1.54) is 0 Å². The number of amides is 1. The van der Waals surface area contributed by atoms with Gasteiger partial charge in [-0.1, -0.05) is 36.9 Å². The maximum atomic E-state index is 12.8. The molecule has 0 saturated heterocycles. The zero-order valence-corrected chi connectivity index (χ0v) is 31.7. The van der Waals surface area contributed by atoms with Crippen molar-refractivity contribution >= 4 is 11.6 Å². The third-order valence-corrected chi connectivity index (χ3v) is 9.88. The number of fused-ring (bicyclic) bond motifs is 1. The monoisotopic (exact) mass is 767 g/mol. The van der Waals surface area contributed by atoms with Crippen LogP contribution in [0.25, 0.3) is 22.6 Å². The summed E-state index contributed by atoms with van der Waals surface area (Å²) in [6.45, 7) is 0.0286. The second kappa shape index (κ2) is 19.3. The molecule has 1 atom stereocenters. The number of aliphatic hydroxyl groups excluding tert-OH is 4. The summed E-state index contributed by atoms with van der Waals surface area (Å²) in [4.78, 5) is 12.8. The van der Waals surface area contributed by atoms with Crippen molar-refractivity contribution < 1.29 is 48.7 Å². The van der Waals surface area contributed by atoms with Crippen LogP contribution < -0.4 is 29.6 Å². The van der Waals surface area contributed by atoms with E-state index in [0.717, 1.165) is 49.7 Å². The number of benzene rings is 4. The van der Waals surface area contributed by atoms with Crippen LogP contribution in [0.1, 0.15) is 82.9 Å². The Bertz CT molecular complexity index is 2070. The van der Waals surface area contributed by atoms with Gasteiger partial charge in [-0.05, 0) is 95.8 Å². The van der Waals surface area contributed by atoms with Crippen molar-refractivity contribution in [1.82, 2.24) is 10.5 Å². The molecule has 4 aromatic carbocycles. The Morgan fingerprint density at radius 3 is 1.98 bits per heavy atom. The average Bonchev–Trinajstić information content (AvgIpc) is 3.74. The van der Waals surface area contributed by atoms with E-state index in [4.69, 9.17) is 23.5 Å². The number of carbonyl (C=O) groups excluding carboxylic acids is 1. The van der Waals surface area contributed by atoms with Crippen LogP contribution in [-0.4, -0.2) is 58.9 Å². The van der Waals surface area contributed by atoms with E-state index in [-0.39, 0.29) is 32.3 Å². The van der Waals surface area contributed by atoms with Crippen molar-refractivity contribution in [3.63, 3.8) is 0 Å². The molecule has 5 aromatic rings. The Balaban J connectivity index is 0.922. The number of nitrogens with zero attached hydrogens (tertiary/aromatic N) is 1. The first-order chi connectivity index (χ1) is 27.4. The number of anilines is 1. The van der Waals surface area contributed by atoms with Gasteiger partial charge in [0.1, 0.15) is 23.4 Å². The second-order valence-corrected chi connectivity index (χ2v) is 13.5. The lowest BCUT2D eigenvalue weighted by Gasteiger charge is -2.29. The van der Waals surface area contributed by atoms with Crippen LogP contribution in [0.15, 0.2) is 77.3 Å². The zero-order chi connectivity index (χ0) is 39.4. The van der Waals surface area contributed by atoms with Crippen molar-refractivity contribution in [2.45, 2.75) is 71.1 Å². The van der Waals surface area contributed by atoms with Crippen molar-refractivity contribution in [3.05, 3.63) is 106 Å². The number of methoxy groups -OCH3 is 2. The summed E-state index contributed by atoms with van der Waals surface area (Å²) in [7, 11) is 3.16. The van der Waals surface area contributed by atoms with Crippen LogP contribution in [-0.2, 0) is 26.4 Å². The minimum atomic E-state index is -0.442. The third kappa shape index (κ3) is 9.43. The number of aliphatic hydroxyl groups is 4. The minimum Gasteiger partial charge on any atom is -0.497 e. The molecule has 0 bridgehead atoms. The maximum absolute atomic E-state index is 12.8. The molecule has 13 nitrogen and oxygen atoms in total. The summed E-state index contributed by atoms with van der Waals surface area (Å²) < 4.78 is 28.6. The Morgan fingerprint density at radius 1 is 0.643 bits per heavy atom. The largest absolute Gasteiger partial charge is 0.497 e. The maximum Gasteiger partial charge on any atom is 0.255 e. The summed E-state index contributed by atoms with van der Waals surface area (Å²) in [6, 6.07) is 21.7. The predicted octanol–water partition coefficient (Wildman–Crippen LogP) is 6.65. The van der Waals surface area contributed by atoms with E-state index < -0.39 is 6.17 Å². The van der Waals surface area contributed by atoms with Crippen LogP contribution >= 0.6 is 0 Å². The van der Waals surface area contributed by atoms with Gasteiger partial charge >= 0.3 is 0 Å². The number of carbonyl (C=O) groups is 1. The Kier molecular flexibility index (Phi) is 13.8. The van der Waals surface area contributed by atoms with Crippen molar-refractivity contribution in [2.75, 3.05) is 32.8 Å². The normalized spacial score (nSPS) is 13.5. The number of hydrogen-bond acceptors (Lipinski definition) is 12. The standard InChI is InChI=1S/C43H49N3O10/c1-52-33-11-12-36-34(21-33)43(51)45-42(44-36)28-10-13-38(32(17-28)25-49)54-15-7-5-3-4-6-8-16-55-41-20-27(9-14-39(41)53-2)40-22-37(46-56-40)29-18-30(23-47)35(26-50)31(19-29)24-48/h9-14,17-22,42,44,47-50H,3-8,15-16,23-26H2,1-2H3,(H,45,51). The van der Waals surface area contributed by atoms with Crippen LogP contribution in [0.4, 0.5) is 5.69 Å². The molecule has 0 radical (unpaired) electrons. The molecule has 1 unspecified atom stereocenters. The predicted molar refractivity (Wildman–Crippen MR) is 210 cm³/mol. The molecular weight excluding hydrogens is 718 g/mol. The van der Waals surface area contributed by atoms with E-state index in [0.29, 0.717) is 86.7 Å². The number of aromatic nitrogens is 1. The molecule has 0 spiro atoms. The molecule has 296 valence electrons. The SMILES string of the molecule is COc1ccc2c(c1)C(=O)NC(c1ccc(OCCCCCCCCOc3cc(-c4cc(-c5cc(CO)c(CO)c(CO)c5)no4)ccc3OC)c(CO)c1)N2. The number of hydrogen-bond donors (Lipinski definition) is 6. The zero-order valence-electron chi connectivity index (χ0n) is 31.7. The van der Waals surface area contributed by atoms with Gasteiger partial charge in [-0.15, -0.1) is 0 Å². The average molecular weight is 768 g/mol. The Morgan fingerprint density at radius 2 is 1.32 bits per heavy atom. The topological polar surface area (TPSA) is 185 Å². The summed E-state index contributed by atoms with van der Waals surface area (Å²) in [5.41, 5.74) is 6.18. The Labute approximate surface area is 325 Å². The lowest BCUT2D eigenvalue weighted by atomic mass is 9.97. The van der Waals surface area contributed by atoms with Gasteiger partial charge < -0.3 is 54.5 Å². The van der Waals surface area contributed by atoms with Gasteiger partial charge in [0.2, 0.25) is 0 Å². The number of rotatable bonds is 20. The molecule has 1 amide bonds. The molecule has 1 aliphatic rings. The quantitative estimate of drug-likeness (QED) is 0.0465. The van der Waals surface area contributed by atoms with E-state index in [1.807, 2.05) is 42.5 Å². The molecule has 0 aliphatic carbocycles. The van der Waals surface area contributed by atoms with Gasteiger partial charge in [0.05, 0.1) is 59.4 Å². The van der Waals surface area contributed by atoms with E-state index in [2.05, 4.69) is 15.8 Å². The molecule has 0 fully saturated rings. The number of ether oxygens (including phenoxy) is 4. The summed E-state index contributed by atoms with van der Waals surface area (Å²) in [5.74, 6) is 2.76. The van der Waals surface area contributed by atoms with E-state index in [9.17, 15) is 25.2 Å². The molecular formula is C43H49N3O10. The third-order valence-electron chi connectivity index (χ3n) is 9.88. The Hall–Kier alpha value is -5.60. The highest BCUT2D eigenvalue weighted by Gasteiger charge is 2.26. The molecule has 1 aromatic heterocycles. The molecule has 0 saturated carbocycles. The lowest BCUT2D eigenvalue weighted by molar-refractivity contribution is 0.0935. The summed E-state index contributed by atoms with van der Waals surface area (Å²) >= 11 is 0. The molecule has 1 aliphatic heterocycles. The number of nitrogens with one attached hydrogen (secondary N) is 2. The summed E-state index contributed by atoms with van der Waals surface area (Å²) in [5, 5.41) is 49.9. The second-order valence-electron chi connectivity index (χ2n) is 13.5. The molecule has 6 N–H and O–H groups in total. The highest BCUT2D eigenvalue weighted by molar-refractivity contribution is 6.02. The molecule has 6 rings (SSSR count). The van der Waals surface area contributed by atoms with Crippen molar-refractivity contribution in [2.24, 2.45) is 0 Å². The lowest BCUT2D eigenvalue weighted by Crippen LogP contribution is -2.38. The molecule has 56 heavy (non-hydrogen) atoms. The highest BCUT2D eigenvalue weighted by atomic mass is 16.5. The van der Waals surface area contributed by atoms with Gasteiger partial charge in [-0.3, -0.25) is 4.79 Å². The van der Waals surface area contributed by atoms with Crippen LogP contribution in [0.2, 0.25) is 0 Å². The van der Waals surface area contributed by atoms with E-state index in [1.54, 1.807) is 44.6 Å². The van der Waals surface area contributed by atoms with Crippen molar-refractivity contribution in [3.8, 4) is 45.6 Å². The summed E-state index contributed by atoms with van der Waals surface area (Å²) in [6.07, 6.45) is 5.46.